The highest BCUT2D eigenvalue weighted by Gasteiger charge is 1.97. The fourth-order valence-electron chi connectivity index (χ4n) is 1.67. The van der Waals surface area contributed by atoms with Crippen molar-refractivity contribution >= 4 is 6.08 Å². The lowest BCUT2D eigenvalue weighted by atomic mass is 10.0. The summed E-state index contributed by atoms with van der Waals surface area (Å²) in [5.74, 6) is 0.824. The molecular formula is C15H22. The van der Waals surface area contributed by atoms with E-state index in [1.165, 1.54) is 31.2 Å². The van der Waals surface area contributed by atoms with E-state index < -0.39 is 0 Å². The Balaban J connectivity index is 2.27. The van der Waals surface area contributed by atoms with Gasteiger partial charge in [-0.15, -0.1) is 0 Å². The molecule has 1 unspecified atom stereocenters. The molecule has 15 heavy (non-hydrogen) atoms. The molecule has 0 bridgehead atoms. The first-order valence-corrected chi connectivity index (χ1v) is 6.04. The van der Waals surface area contributed by atoms with Crippen molar-refractivity contribution < 1.29 is 0 Å². The molecule has 0 radical (unpaired) electrons. The number of unbranched alkanes of at least 4 members (excludes halogenated alkanes) is 1. The first kappa shape index (κ1) is 12.0. The van der Waals surface area contributed by atoms with Crippen molar-refractivity contribution in [2.75, 3.05) is 0 Å². The van der Waals surface area contributed by atoms with Gasteiger partial charge in [-0.1, -0.05) is 75.6 Å². The molecule has 1 aromatic rings. The largest absolute Gasteiger partial charge is 0.0837 e. The number of hydrogen-bond acceptors (Lipinski definition) is 0. The van der Waals surface area contributed by atoms with Crippen LogP contribution in [0.4, 0.5) is 0 Å². The maximum absolute atomic E-state index is 2.34. The van der Waals surface area contributed by atoms with Gasteiger partial charge in [-0.2, -0.15) is 0 Å². The minimum Gasteiger partial charge on any atom is -0.0837 e. The zero-order valence-electron chi connectivity index (χ0n) is 9.95. The lowest BCUT2D eigenvalue weighted by Crippen LogP contribution is -1.91. The SMILES string of the molecule is CCCCC(C)CC=Cc1ccccc1. The van der Waals surface area contributed by atoms with Gasteiger partial charge in [0.15, 0.2) is 0 Å². The van der Waals surface area contributed by atoms with Gasteiger partial charge in [0, 0.05) is 0 Å². The summed E-state index contributed by atoms with van der Waals surface area (Å²) in [5.41, 5.74) is 1.31. The van der Waals surface area contributed by atoms with Crippen molar-refractivity contribution in [3.05, 3.63) is 42.0 Å². The van der Waals surface area contributed by atoms with Crippen LogP contribution in [0.3, 0.4) is 0 Å². The molecule has 0 aromatic heterocycles. The minimum atomic E-state index is 0.824. The summed E-state index contributed by atoms with van der Waals surface area (Å²) < 4.78 is 0. The molecule has 0 heterocycles. The van der Waals surface area contributed by atoms with E-state index in [4.69, 9.17) is 0 Å². The molecule has 1 aromatic carbocycles. The van der Waals surface area contributed by atoms with E-state index in [-0.39, 0.29) is 0 Å². The Morgan fingerprint density at radius 1 is 1.20 bits per heavy atom. The van der Waals surface area contributed by atoms with Gasteiger partial charge in [0.1, 0.15) is 0 Å². The van der Waals surface area contributed by atoms with E-state index in [9.17, 15) is 0 Å². The highest BCUT2D eigenvalue weighted by atomic mass is 14.0. The molecule has 0 heteroatoms. The van der Waals surface area contributed by atoms with Gasteiger partial charge in [-0.25, -0.2) is 0 Å². The standard InChI is InChI=1S/C15H22/c1-3-4-9-14(2)10-8-13-15-11-6-5-7-12-15/h5-8,11-14H,3-4,9-10H2,1-2H3. The van der Waals surface area contributed by atoms with Crippen LogP contribution < -0.4 is 0 Å². The molecule has 82 valence electrons. The molecule has 0 aliphatic carbocycles. The second kappa shape index (κ2) is 7.28. The predicted octanol–water partition coefficient (Wildman–Crippen LogP) is 4.92. The summed E-state index contributed by atoms with van der Waals surface area (Å²) in [4.78, 5) is 0. The van der Waals surface area contributed by atoms with Gasteiger partial charge in [0.05, 0.1) is 0 Å². The molecule has 1 atom stereocenters. The quantitative estimate of drug-likeness (QED) is 0.614. The van der Waals surface area contributed by atoms with Gasteiger partial charge in [-0.05, 0) is 17.9 Å². The van der Waals surface area contributed by atoms with Crippen molar-refractivity contribution in [3.63, 3.8) is 0 Å². The van der Waals surface area contributed by atoms with Crippen LogP contribution in [0, 0.1) is 5.92 Å². The Hall–Kier alpha value is -1.04. The Morgan fingerprint density at radius 2 is 1.93 bits per heavy atom. The van der Waals surface area contributed by atoms with Crippen molar-refractivity contribution in [1.82, 2.24) is 0 Å². The van der Waals surface area contributed by atoms with Gasteiger partial charge in [0.2, 0.25) is 0 Å². The maximum Gasteiger partial charge on any atom is -0.0260 e. The Morgan fingerprint density at radius 3 is 2.60 bits per heavy atom. The average Bonchev–Trinajstić information content (AvgIpc) is 2.28. The Bertz CT molecular complexity index is 271. The summed E-state index contributed by atoms with van der Waals surface area (Å²) in [6, 6.07) is 10.5. The maximum atomic E-state index is 2.34. The van der Waals surface area contributed by atoms with E-state index in [0.717, 1.165) is 5.92 Å². The number of rotatable bonds is 6. The van der Waals surface area contributed by atoms with Crippen molar-refractivity contribution in [2.24, 2.45) is 5.92 Å². The summed E-state index contributed by atoms with van der Waals surface area (Å²) in [7, 11) is 0. The topological polar surface area (TPSA) is 0 Å². The molecular weight excluding hydrogens is 180 g/mol. The van der Waals surface area contributed by atoms with E-state index >= 15 is 0 Å². The van der Waals surface area contributed by atoms with Crippen LogP contribution >= 0.6 is 0 Å². The molecule has 0 aliphatic heterocycles. The first-order chi connectivity index (χ1) is 7.33. The molecule has 0 aliphatic rings. The third kappa shape index (κ3) is 5.41. The fourth-order valence-corrected chi connectivity index (χ4v) is 1.67. The van der Waals surface area contributed by atoms with Crippen LogP contribution in [0.1, 0.15) is 45.1 Å². The lowest BCUT2D eigenvalue weighted by molar-refractivity contribution is 0.512. The molecule has 0 saturated heterocycles. The summed E-state index contributed by atoms with van der Waals surface area (Å²) in [6.45, 7) is 4.59. The lowest BCUT2D eigenvalue weighted by Gasteiger charge is -2.06. The van der Waals surface area contributed by atoms with Gasteiger partial charge < -0.3 is 0 Å². The molecule has 0 saturated carbocycles. The highest BCUT2D eigenvalue weighted by Crippen LogP contribution is 2.13. The Labute approximate surface area is 94.0 Å². The summed E-state index contributed by atoms with van der Waals surface area (Å²) >= 11 is 0. The zero-order chi connectivity index (χ0) is 10.9. The predicted molar refractivity (Wildman–Crippen MR) is 68.8 cm³/mol. The van der Waals surface area contributed by atoms with E-state index in [0.29, 0.717) is 0 Å². The summed E-state index contributed by atoms with van der Waals surface area (Å²) in [6.07, 6.45) is 9.76. The third-order valence-electron chi connectivity index (χ3n) is 2.70. The molecule has 0 fully saturated rings. The van der Waals surface area contributed by atoms with Crippen molar-refractivity contribution in [1.29, 1.82) is 0 Å². The normalized spacial score (nSPS) is 13.2. The van der Waals surface area contributed by atoms with Crippen LogP contribution in [0.5, 0.6) is 0 Å². The average molecular weight is 202 g/mol. The first-order valence-electron chi connectivity index (χ1n) is 6.04. The Kier molecular flexibility index (Phi) is 5.84. The van der Waals surface area contributed by atoms with E-state index in [1.54, 1.807) is 0 Å². The fraction of sp³-hybridized carbons (Fsp3) is 0.467. The minimum absolute atomic E-state index is 0.824. The second-order valence-electron chi connectivity index (χ2n) is 4.30. The number of allylic oxidation sites excluding steroid dienone is 1. The molecule has 1 rings (SSSR count). The van der Waals surface area contributed by atoms with Crippen LogP contribution in [-0.4, -0.2) is 0 Å². The third-order valence-corrected chi connectivity index (χ3v) is 2.70. The van der Waals surface area contributed by atoms with Crippen LogP contribution in [0.25, 0.3) is 6.08 Å². The smallest absolute Gasteiger partial charge is 0.0260 e. The second-order valence-corrected chi connectivity index (χ2v) is 4.30. The van der Waals surface area contributed by atoms with Crippen LogP contribution in [0.15, 0.2) is 36.4 Å². The summed E-state index contributed by atoms with van der Waals surface area (Å²) in [5, 5.41) is 0. The van der Waals surface area contributed by atoms with Crippen molar-refractivity contribution in [3.8, 4) is 0 Å². The van der Waals surface area contributed by atoms with Gasteiger partial charge in [-0.3, -0.25) is 0 Å². The van der Waals surface area contributed by atoms with Gasteiger partial charge >= 0.3 is 0 Å². The van der Waals surface area contributed by atoms with E-state index in [1.807, 2.05) is 0 Å². The molecule has 0 nitrogen and oxygen atoms in total. The van der Waals surface area contributed by atoms with Crippen LogP contribution in [0.2, 0.25) is 0 Å². The number of benzene rings is 1. The van der Waals surface area contributed by atoms with Crippen LogP contribution in [-0.2, 0) is 0 Å². The van der Waals surface area contributed by atoms with Gasteiger partial charge in [0.25, 0.3) is 0 Å². The molecule has 0 amide bonds. The zero-order valence-corrected chi connectivity index (χ0v) is 9.95. The van der Waals surface area contributed by atoms with E-state index in [2.05, 4.69) is 56.3 Å². The molecule has 0 N–H and O–H groups in total. The monoisotopic (exact) mass is 202 g/mol. The van der Waals surface area contributed by atoms with Crippen molar-refractivity contribution in [2.45, 2.75) is 39.5 Å². The molecule has 0 spiro atoms. The number of hydrogen-bond donors (Lipinski definition) is 0. The highest BCUT2D eigenvalue weighted by molar-refractivity contribution is 5.48.